The van der Waals surface area contributed by atoms with Gasteiger partial charge in [-0.05, 0) is 25.1 Å². The van der Waals surface area contributed by atoms with Gasteiger partial charge in [0.15, 0.2) is 5.82 Å². The summed E-state index contributed by atoms with van der Waals surface area (Å²) in [4.78, 5) is 16.3. The van der Waals surface area contributed by atoms with Crippen LogP contribution in [0.25, 0.3) is 5.82 Å². The first-order valence-electron chi connectivity index (χ1n) is 8.29. The number of nitrogens with zero attached hydrogens (tertiary/aromatic N) is 3. The van der Waals surface area contributed by atoms with Gasteiger partial charge in [0.2, 0.25) is 0 Å². The summed E-state index contributed by atoms with van der Waals surface area (Å²) in [5, 5.41) is 6.86. The highest BCUT2D eigenvalue weighted by Crippen LogP contribution is 2.28. The average molecular weight is 390 g/mol. The van der Waals surface area contributed by atoms with Crippen molar-refractivity contribution in [1.29, 1.82) is 0 Å². The highest BCUT2D eigenvalue weighted by Gasteiger charge is 2.30. The molecular formula is C19H17F3N4O2. The van der Waals surface area contributed by atoms with Gasteiger partial charge in [0.25, 0.3) is 5.91 Å². The van der Waals surface area contributed by atoms with Gasteiger partial charge in [0.05, 0.1) is 30.1 Å². The molecular weight excluding hydrogens is 373 g/mol. The monoisotopic (exact) mass is 390 g/mol. The first-order valence-corrected chi connectivity index (χ1v) is 8.29. The highest BCUT2D eigenvalue weighted by atomic mass is 19.4. The van der Waals surface area contributed by atoms with E-state index in [1.54, 1.807) is 20.1 Å². The predicted octanol–water partition coefficient (Wildman–Crippen LogP) is 3.53. The average Bonchev–Trinajstić information content (AvgIpc) is 3.07. The van der Waals surface area contributed by atoms with E-state index in [0.29, 0.717) is 17.0 Å². The van der Waals surface area contributed by atoms with E-state index in [0.717, 1.165) is 17.8 Å². The number of rotatable bonds is 5. The van der Waals surface area contributed by atoms with Gasteiger partial charge < -0.3 is 10.1 Å². The molecule has 1 N–H and O–H groups in total. The van der Waals surface area contributed by atoms with Crippen LogP contribution >= 0.6 is 0 Å². The third kappa shape index (κ3) is 3.98. The Morgan fingerprint density at radius 2 is 1.93 bits per heavy atom. The predicted molar refractivity (Wildman–Crippen MR) is 95.3 cm³/mol. The lowest BCUT2D eigenvalue weighted by Gasteiger charge is -2.10. The molecule has 2 aromatic heterocycles. The number of hydrogen-bond acceptors (Lipinski definition) is 4. The standard InChI is InChI=1S/C19H17F3N4O2/c1-12-15(18(27)24-9-13-5-3-4-6-16(13)28-2)11-25-26(12)17-8-7-14(10-23-17)19(20,21)22/h3-8,10-11H,9H2,1-2H3,(H,24,27). The third-order valence-corrected chi connectivity index (χ3v) is 4.18. The molecule has 0 fully saturated rings. The van der Waals surface area contributed by atoms with Crippen LogP contribution in [-0.2, 0) is 12.7 Å². The minimum absolute atomic E-state index is 0.189. The lowest BCUT2D eigenvalue weighted by molar-refractivity contribution is -0.137. The van der Waals surface area contributed by atoms with Crippen molar-refractivity contribution in [2.75, 3.05) is 7.11 Å². The first kappa shape index (κ1) is 19.4. The highest BCUT2D eigenvalue weighted by molar-refractivity contribution is 5.95. The number of halogens is 3. The quantitative estimate of drug-likeness (QED) is 0.724. The van der Waals surface area contributed by atoms with E-state index >= 15 is 0 Å². The lowest BCUT2D eigenvalue weighted by atomic mass is 10.2. The summed E-state index contributed by atoms with van der Waals surface area (Å²) in [6.45, 7) is 1.90. The van der Waals surface area contributed by atoms with Crippen LogP contribution in [-0.4, -0.2) is 27.8 Å². The molecule has 0 spiro atoms. The Kier molecular flexibility index (Phi) is 5.34. The van der Waals surface area contributed by atoms with Gasteiger partial charge in [-0.3, -0.25) is 4.79 Å². The fourth-order valence-electron chi connectivity index (χ4n) is 2.66. The van der Waals surface area contributed by atoms with Crippen molar-refractivity contribution in [1.82, 2.24) is 20.1 Å². The van der Waals surface area contributed by atoms with Crippen LogP contribution in [0.15, 0.2) is 48.8 Å². The Bertz CT molecular complexity index is 982. The van der Waals surface area contributed by atoms with Crippen molar-refractivity contribution in [2.45, 2.75) is 19.6 Å². The normalized spacial score (nSPS) is 11.3. The van der Waals surface area contributed by atoms with Gasteiger partial charge in [-0.2, -0.15) is 18.3 Å². The molecule has 3 aromatic rings. The summed E-state index contributed by atoms with van der Waals surface area (Å²) in [6.07, 6.45) is -2.38. The lowest BCUT2D eigenvalue weighted by Crippen LogP contribution is -2.23. The number of para-hydroxylation sites is 1. The number of carbonyl (C=O) groups is 1. The molecule has 0 bridgehead atoms. The second kappa shape index (κ2) is 7.71. The largest absolute Gasteiger partial charge is 0.496 e. The van der Waals surface area contributed by atoms with E-state index in [-0.39, 0.29) is 18.3 Å². The number of hydrogen-bond donors (Lipinski definition) is 1. The topological polar surface area (TPSA) is 69.0 Å². The van der Waals surface area contributed by atoms with E-state index in [1.807, 2.05) is 18.2 Å². The van der Waals surface area contributed by atoms with Crippen LogP contribution in [0.3, 0.4) is 0 Å². The minimum Gasteiger partial charge on any atom is -0.496 e. The molecule has 3 rings (SSSR count). The molecule has 1 amide bonds. The van der Waals surface area contributed by atoms with Crippen molar-refractivity contribution in [3.05, 3.63) is 71.2 Å². The molecule has 0 radical (unpaired) electrons. The molecule has 0 saturated heterocycles. The fourth-order valence-corrected chi connectivity index (χ4v) is 2.66. The van der Waals surface area contributed by atoms with Gasteiger partial charge in [0, 0.05) is 18.3 Å². The minimum atomic E-state index is -4.46. The number of amides is 1. The molecule has 2 heterocycles. The Balaban J connectivity index is 1.76. The van der Waals surface area contributed by atoms with Gasteiger partial charge in [-0.15, -0.1) is 0 Å². The van der Waals surface area contributed by atoms with Gasteiger partial charge in [-0.25, -0.2) is 9.67 Å². The van der Waals surface area contributed by atoms with E-state index in [2.05, 4.69) is 15.4 Å². The number of nitrogens with one attached hydrogen (secondary N) is 1. The number of ether oxygens (including phenoxy) is 1. The van der Waals surface area contributed by atoms with Crippen LogP contribution in [0.2, 0.25) is 0 Å². The molecule has 9 heteroatoms. The summed E-state index contributed by atoms with van der Waals surface area (Å²) in [5.41, 5.74) is 0.727. The smallest absolute Gasteiger partial charge is 0.417 e. The van der Waals surface area contributed by atoms with Crippen LogP contribution in [0.1, 0.15) is 27.2 Å². The van der Waals surface area contributed by atoms with Crippen LogP contribution < -0.4 is 10.1 Å². The van der Waals surface area contributed by atoms with E-state index < -0.39 is 11.7 Å². The molecule has 0 aliphatic carbocycles. The van der Waals surface area contributed by atoms with E-state index in [4.69, 9.17) is 4.74 Å². The maximum Gasteiger partial charge on any atom is 0.417 e. The van der Waals surface area contributed by atoms with Crippen LogP contribution in [0.5, 0.6) is 5.75 Å². The number of alkyl halides is 3. The zero-order valence-electron chi connectivity index (χ0n) is 15.1. The van der Waals surface area contributed by atoms with Gasteiger partial charge in [0.1, 0.15) is 5.75 Å². The number of pyridine rings is 1. The Hall–Kier alpha value is -3.36. The molecule has 0 atom stereocenters. The van der Waals surface area contributed by atoms with Crippen molar-refractivity contribution in [2.24, 2.45) is 0 Å². The summed E-state index contributed by atoms with van der Waals surface area (Å²) < 4.78 is 44.6. The fraction of sp³-hybridized carbons (Fsp3) is 0.211. The Morgan fingerprint density at radius 1 is 1.18 bits per heavy atom. The Morgan fingerprint density at radius 3 is 2.57 bits per heavy atom. The number of benzene rings is 1. The van der Waals surface area contributed by atoms with Crippen molar-refractivity contribution < 1.29 is 22.7 Å². The molecule has 0 aliphatic heterocycles. The van der Waals surface area contributed by atoms with Gasteiger partial charge in [-0.1, -0.05) is 18.2 Å². The number of methoxy groups -OCH3 is 1. The second-order valence-corrected chi connectivity index (χ2v) is 5.95. The third-order valence-electron chi connectivity index (χ3n) is 4.18. The zero-order chi connectivity index (χ0) is 20.3. The van der Waals surface area contributed by atoms with Crippen LogP contribution in [0.4, 0.5) is 13.2 Å². The zero-order valence-corrected chi connectivity index (χ0v) is 15.1. The van der Waals surface area contributed by atoms with Crippen LogP contribution in [0, 0.1) is 6.92 Å². The first-order chi connectivity index (χ1) is 13.3. The van der Waals surface area contributed by atoms with Crippen molar-refractivity contribution in [3.8, 4) is 11.6 Å². The van der Waals surface area contributed by atoms with Crippen molar-refractivity contribution in [3.63, 3.8) is 0 Å². The number of carbonyl (C=O) groups excluding carboxylic acids is 1. The van der Waals surface area contributed by atoms with E-state index in [9.17, 15) is 18.0 Å². The van der Waals surface area contributed by atoms with Gasteiger partial charge >= 0.3 is 6.18 Å². The number of aromatic nitrogens is 3. The summed E-state index contributed by atoms with van der Waals surface area (Å²) in [6, 6.07) is 9.42. The molecule has 0 aliphatic rings. The summed E-state index contributed by atoms with van der Waals surface area (Å²) >= 11 is 0. The van der Waals surface area contributed by atoms with Crippen molar-refractivity contribution >= 4 is 5.91 Å². The molecule has 0 saturated carbocycles. The summed E-state index contributed by atoms with van der Waals surface area (Å²) in [7, 11) is 1.55. The van der Waals surface area contributed by atoms with E-state index in [1.165, 1.54) is 16.9 Å². The summed E-state index contributed by atoms with van der Waals surface area (Å²) in [5.74, 6) is 0.486. The maximum absolute atomic E-state index is 12.7. The second-order valence-electron chi connectivity index (χ2n) is 5.95. The SMILES string of the molecule is COc1ccccc1CNC(=O)c1cnn(-c2ccc(C(F)(F)F)cn2)c1C. The molecule has 0 unspecified atom stereocenters. The Labute approximate surface area is 159 Å². The molecule has 146 valence electrons. The molecule has 1 aromatic carbocycles. The molecule has 28 heavy (non-hydrogen) atoms. The maximum atomic E-state index is 12.7. The molecule has 6 nitrogen and oxygen atoms in total.